The minimum absolute atomic E-state index is 0.412. The van der Waals surface area contributed by atoms with E-state index in [1.807, 2.05) is 0 Å². The maximum absolute atomic E-state index is 4.73. The molecule has 0 saturated heterocycles. The molecule has 1 saturated carbocycles. The summed E-state index contributed by atoms with van der Waals surface area (Å²) in [5, 5.41) is 0. The average Bonchev–Trinajstić information content (AvgIpc) is 2.12. The van der Waals surface area contributed by atoms with Crippen LogP contribution < -0.4 is 0 Å². The molecule has 0 aromatic rings. The van der Waals surface area contributed by atoms with E-state index in [4.69, 9.17) is 8.05 Å². The molecule has 0 unspecified atom stereocenters. The van der Waals surface area contributed by atoms with Gasteiger partial charge in [-0.15, -0.1) is 0 Å². The lowest BCUT2D eigenvalue weighted by atomic mass is 10.6. The van der Waals surface area contributed by atoms with E-state index in [9.17, 15) is 0 Å². The molecule has 0 heterocycles. The molecule has 1 nitrogen and oxygen atoms in total. The van der Waals surface area contributed by atoms with Gasteiger partial charge in [-0.05, 0) is 12.8 Å². The zero-order chi connectivity index (χ0) is 3.70. The second-order valence-electron chi connectivity index (χ2n) is 1.34. The summed E-state index contributed by atoms with van der Waals surface area (Å²) in [5.74, 6) is 0. The maximum Gasteiger partial charge on any atom is 0.283 e. The molecule has 1 aliphatic carbocycles. The van der Waals surface area contributed by atoms with Crippen molar-refractivity contribution in [3.8, 4) is 0 Å². The SMILES string of the molecule is [B]OC1CC1. The Kier molecular flexibility index (Phi) is 0.654. The first-order chi connectivity index (χ1) is 2.43. The van der Waals surface area contributed by atoms with Gasteiger partial charge in [0.15, 0.2) is 0 Å². The van der Waals surface area contributed by atoms with Crippen LogP contribution in [-0.2, 0) is 4.65 Å². The highest BCUT2D eigenvalue weighted by Gasteiger charge is 2.18. The number of rotatable bonds is 1. The highest BCUT2D eigenvalue weighted by molar-refractivity contribution is 5.98. The van der Waals surface area contributed by atoms with Gasteiger partial charge in [-0.2, -0.15) is 0 Å². The van der Waals surface area contributed by atoms with Crippen molar-refractivity contribution in [3.05, 3.63) is 0 Å². The molecule has 2 heteroatoms. The predicted molar refractivity (Wildman–Crippen MR) is 19.9 cm³/mol. The Hall–Kier alpha value is 0.0249. The molecule has 0 atom stereocenters. The van der Waals surface area contributed by atoms with Crippen LogP contribution in [0.15, 0.2) is 0 Å². The second kappa shape index (κ2) is 1.01. The molecule has 0 bridgehead atoms. The summed E-state index contributed by atoms with van der Waals surface area (Å²) in [6, 6.07) is 0. The maximum atomic E-state index is 4.73. The largest absolute Gasteiger partial charge is 0.445 e. The van der Waals surface area contributed by atoms with Crippen molar-refractivity contribution < 1.29 is 4.65 Å². The van der Waals surface area contributed by atoms with Crippen LogP contribution in [0.4, 0.5) is 0 Å². The Morgan fingerprint density at radius 3 is 2.20 bits per heavy atom. The van der Waals surface area contributed by atoms with Crippen LogP contribution in [0.2, 0.25) is 0 Å². The van der Waals surface area contributed by atoms with E-state index in [0.29, 0.717) is 6.10 Å². The Bertz CT molecular complexity index is 33.9. The fraction of sp³-hybridized carbons (Fsp3) is 1.00. The third-order valence-electron chi connectivity index (χ3n) is 0.717. The molecule has 0 spiro atoms. The fourth-order valence-corrected chi connectivity index (χ4v) is 0.204. The normalized spacial score (nSPS) is 23.2. The summed E-state index contributed by atoms with van der Waals surface area (Å²) in [7, 11) is 4.73. The summed E-state index contributed by atoms with van der Waals surface area (Å²) in [6.45, 7) is 0. The summed E-state index contributed by atoms with van der Waals surface area (Å²) in [4.78, 5) is 0. The minimum atomic E-state index is 0.412. The summed E-state index contributed by atoms with van der Waals surface area (Å²) >= 11 is 0. The summed E-state index contributed by atoms with van der Waals surface area (Å²) in [5.41, 5.74) is 0. The van der Waals surface area contributed by atoms with E-state index >= 15 is 0 Å². The Morgan fingerprint density at radius 1 is 1.60 bits per heavy atom. The van der Waals surface area contributed by atoms with Crippen LogP contribution in [0, 0.1) is 0 Å². The summed E-state index contributed by atoms with van der Waals surface area (Å²) in [6.07, 6.45) is 2.74. The smallest absolute Gasteiger partial charge is 0.283 e. The van der Waals surface area contributed by atoms with Gasteiger partial charge in [-0.3, -0.25) is 0 Å². The zero-order valence-electron chi connectivity index (χ0n) is 2.98. The lowest BCUT2D eigenvalue weighted by Gasteiger charge is -1.81. The molecule has 1 aliphatic rings. The minimum Gasteiger partial charge on any atom is -0.445 e. The van der Waals surface area contributed by atoms with Crippen molar-refractivity contribution in [1.29, 1.82) is 0 Å². The van der Waals surface area contributed by atoms with E-state index < -0.39 is 0 Å². The molecule has 1 rings (SSSR count). The number of hydrogen-bond donors (Lipinski definition) is 0. The van der Waals surface area contributed by atoms with Crippen molar-refractivity contribution in [2.45, 2.75) is 18.9 Å². The van der Waals surface area contributed by atoms with Crippen molar-refractivity contribution >= 4 is 8.05 Å². The average molecular weight is 67.9 g/mol. The van der Waals surface area contributed by atoms with Crippen molar-refractivity contribution in [2.24, 2.45) is 0 Å². The monoisotopic (exact) mass is 68.0 g/mol. The molecule has 0 N–H and O–H groups in total. The fourth-order valence-electron chi connectivity index (χ4n) is 0.204. The molecule has 0 aromatic carbocycles. The van der Waals surface area contributed by atoms with Crippen molar-refractivity contribution in [2.75, 3.05) is 0 Å². The topological polar surface area (TPSA) is 9.23 Å². The Balaban J connectivity index is 2.00. The highest BCUT2D eigenvalue weighted by Crippen LogP contribution is 2.21. The first kappa shape index (κ1) is 3.22. The lowest BCUT2D eigenvalue weighted by Crippen LogP contribution is -1.82. The van der Waals surface area contributed by atoms with E-state index in [1.54, 1.807) is 0 Å². The van der Waals surface area contributed by atoms with Gasteiger partial charge in [0.05, 0.1) is 0 Å². The summed E-state index contributed by atoms with van der Waals surface area (Å²) < 4.78 is 4.36. The molecular weight excluding hydrogens is 62.8 g/mol. The third kappa shape index (κ3) is 0.654. The van der Waals surface area contributed by atoms with Gasteiger partial charge in [0.2, 0.25) is 0 Å². The molecule has 1 fully saturated rings. The standard InChI is InChI=1S/C3H5BO/c4-5-3-1-2-3/h3H,1-2H2. The van der Waals surface area contributed by atoms with E-state index in [-0.39, 0.29) is 0 Å². The van der Waals surface area contributed by atoms with Crippen LogP contribution in [0.3, 0.4) is 0 Å². The van der Waals surface area contributed by atoms with Crippen molar-refractivity contribution in [3.63, 3.8) is 0 Å². The van der Waals surface area contributed by atoms with E-state index in [0.717, 1.165) is 12.8 Å². The van der Waals surface area contributed by atoms with Crippen LogP contribution in [0.5, 0.6) is 0 Å². The first-order valence-electron chi connectivity index (χ1n) is 1.79. The van der Waals surface area contributed by atoms with Crippen LogP contribution in [0.25, 0.3) is 0 Å². The molecular formula is C3H5BO. The molecule has 0 amide bonds. The molecule has 0 aromatic heterocycles. The van der Waals surface area contributed by atoms with Crippen LogP contribution in [0.1, 0.15) is 12.8 Å². The third-order valence-corrected chi connectivity index (χ3v) is 0.717. The lowest BCUT2D eigenvalue weighted by molar-refractivity contribution is 0.335. The molecule has 2 radical (unpaired) electrons. The van der Waals surface area contributed by atoms with Crippen LogP contribution in [-0.4, -0.2) is 14.2 Å². The second-order valence-corrected chi connectivity index (χ2v) is 1.34. The zero-order valence-corrected chi connectivity index (χ0v) is 2.98. The van der Waals surface area contributed by atoms with Gasteiger partial charge in [-0.1, -0.05) is 0 Å². The highest BCUT2D eigenvalue weighted by atomic mass is 16.4. The molecule has 26 valence electrons. The van der Waals surface area contributed by atoms with E-state index in [2.05, 4.69) is 4.65 Å². The molecule has 0 aliphatic heterocycles. The first-order valence-corrected chi connectivity index (χ1v) is 1.79. The van der Waals surface area contributed by atoms with Gasteiger partial charge < -0.3 is 4.65 Å². The van der Waals surface area contributed by atoms with Crippen molar-refractivity contribution in [1.82, 2.24) is 0 Å². The molecule has 5 heavy (non-hydrogen) atoms. The quantitative estimate of drug-likeness (QED) is 0.400. The van der Waals surface area contributed by atoms with Gasteiger partial charge in [-0.25, -0.2) is 0 Å². The number of hydrogen-bond acceptors (Lipinski definition) is 1. The van der Waals surface area contributed by atoms with Crippen LogP contribution >= 0.6 is 0 Å². The van der Waals surface area contributed by atoms with E-state index in [1.165, 1.54) is 0 Å². The predicted octanol–water partition coefficient (Wildman–Crippen LogP) is 0.249. The van der Waals surface area contributed by atoms with Gasteiger partial charge in [0, 0.05) is 6.10 Å². The van der Waals surface area contributed by atoms with Gasteiger partial charge in [0.25, 0.3) is 8.05 Å². The van der Waals surface area contributed by atoms with Gasteiger partial charge >= 0.3 is 0 Å². The van der Waals surface area contributed by atoms with Gasteiger partial charge in [0.1, 0.15) is 0 Å². The Labute approximate surface area is 32.8 Å². The Morgan fingerprint density at radius 2 is 2.20 bits per heavy atom.